The zero-order chi connectivity index (χ0) is 16.8. The smallest absolute Gasteiger partial charge is 0.306 e. The average molecular weight is 319 g/mol. The van der Waals surface area contributed by atoms with Gasteiger partial charge in [0, 0.05) is 12.5 Å². The minimum atomic E-state index is -0.761. The molecule has 1 amide bonds. The first kappa shape index (κ1) is 17.3. The molecular weight excluding hydrogens is 294 g/mol. The number of amides is 1. The van der Waals surface area contributed by atoms with Crippen LogP contribution in [0, 0.1) is 19.8 Å². The Kier molecular flexibility index (Phi) is 6.02. The molecule has 0 radical (unpaired) electrons. The highest BCUT2D eigenvalue weighted by molar-refractivity contribution is 5.76. The highest BCUT2D eigenvalue weighted by atomic mass is 16.5. The van der Waals surface area contributed by atoms with Gasteiger partial charge in [0.05, 0.1) is 12.5 Å². The molecule has 0 aliphatic heterocycles. The van der Waals surface area contributed by atoms with Crippen molar-refractivity contribution >= 4 is 11.9 Å². The Morgan fingerprint density at radius 1 is 1.26 bits per heavy atom. The van der Waals surface area contributed by atoms with Gasteiger partial charge in [0.2, 0.25) is 5.91 Å². The fourth-order valence-electron chi connectivity index (χ4n) is 2.86. The van der Waals surface area contributed by atoms with Crippen molar-refractivity contribution in [2.24, 2.45) is 5.92 Å². The van der Waals surface area contributed by atoms with Crippen molar-refractivity contribution in [3.63, 3.8) is 0 Å². The van der Waals surface area contributed by atoms with Gasteiger partial charge in [-0.3, -0.25) is 9.59 Å². The van der Waals surface area contributed by atoms with Crippen LogP contribution in [-0.2, 0) is 9.59 Å². The normalized spacial score (nSPS) is 20.3. The van der Waals surface area contributed by atoms with Gasteiger partial charge in [0.15, 0.2) is 0 Å². The molecule has 0 saturated heterocycles. The fourth-order valence-corrected chi connectivity index (χ4v) is 2.86. The molecule has 0 heterocycles. The molecule has 1 aromatic carbocycles. The van der Waals surface area contributed by atoms with Crippen LogP contribution in [-0.4, -0.2) is 29.6 Å². The lowest BCUT2D eigenvalue weighted by Gasteiger charge is -2.13. The largest absolute Gasteiger partial charge is 0.494 e. The number of carbonyl (C=O) groups is 2. The molecule has 1 aliphatic rings. The number of aliphatic carboxylic acids is 1. The summed E-state index contributed by atoms with van der Waals surface area (Å²) in [5, 5.41) is 11.9. The molecule has 5 heteroatoms. The van der Waals surface area contributed by atoms with Gasteiger partial charge in [-0.2, -0.15) is 0 Å². The first-order valence-corrected chi connectivity index (χ1v) is 8.18. The van der Waals surface area contributed by atoms with E-state index in [2.05, 4.69) is 12.2 Å². The standard InChI is InChI=1S/C18H25NO4/c1-12-5-8-16(10-13(12)2)23-9-3-4-17(20)19-15-7-6-14(11-15)18(21)22/h5,8,10,14-15H,3-4,6-7,9,11H2,1-2H3,(H,19,20)(H,21,22)/t14-,15+/m1/s1. The molecule has 0 spiro atoms. The number of aryl methyl sites for hydroxylation is 2. The number of carboxylic acids is 1. The van der Waals surface area contributed by atoms with Crippen molar-refractivity contribution in [2.75, 3.05) is 6.61 Å². The van der Waals surface area contributed by atoms with Crippen LogP contribution < -0.4 is 10.1 Å². The van der Waals surface area contributed by atoms with Crippen molar-refractivity contribution in [2.45, 2.75) is 52.0 Å². The van der Waals surface area contributed by atoms with E-state index in [1.165, 1.54) is 11.1 Å². The van der Waals surface area contributed by atoms with E-state index in [-0.39, 0.29) is 17.9 Å². The van der Waals surface area contributed by atoms with Crippen LogP contribution in [0.25, 0.3) is 0 Å². The van der Waals surface area contributed by atoms with E-state index < -0.39 is 5.97 Å². The van der Waals surface area contributed by atoms with Gasteiger partial charge in [-0.25, -0.2) is 0 Å². The summed E-state index contributed by atoms with van der Waals surface area (Å²) in [6.45, 7) is 4.60. The lowest BCUT2D eigenvalue weighted by atomic mass is 10.1. The first-order valence-electron chi connectivity index (χ1n) is 8.18. The Balaban J connectivity index is 1.63. The number of carboxylic acid groups (broad SMARTS) is 1. The molecule has 2 atom stereocenters. The number of ether oxygens (including phenoxy) is 1. The van der Waals surface area contributed by atoms with Crippen LogP contribution in [0.4, 0.5) is 0 Å². The molecule has 0 unspecified atom stereocenters. The Bertz CT molecular complexity index is 570. The number of hydrogen-bond donors (Lipinski definition) is 2. The molecular formula is C18H25NO4. The Morgan fingerprint density at radius 2 is 2.04 bits per heavy atom. The molecule has 126 valence electrons. The van der Waals surface area contributed by atoms with E-state index >= 15 is 0 Å². The molecule has 0 aromatic heterocycles. The molecule has 23 heavy (non-hydrogen) atoms. The highest BCUT2D eigenvalue weighted by Gasteiger charge is 2.30. The van der Waals surface area contributed by atoms with E-state index in [1.54, 1.807) is 0 Å². The minimum absolute atomic E-state index is 0.00395. The number of nitrogens with one attached hydrogen (secondary N) is 1. The van der Waals surface area contributed by atoms with Gasteiger partial charge in [-0.15, -0.1) is 0 Å². The van der Waals surface area contributed by atoms with E-state index in [1.807, 2.05) is 25.1 Å². The summed E-state index contributed by atoms with van der Waals surface area (Å²) in [7, 11) is 0. The zero-order valence-electron chi connectivity index (χ0n) is 13.8. The Morgan fingerprint density at radius 3 is 2.70 bits per heavy atom. The number of hydrogen-bond acceptors (Lipinski definition) is 3. The summed E-state index contributed by atoms with van der Waals surface area (Å²) in [5.41, 5.74) is 2.42. The summed E-state index contributed by atoms with van der Waals surface area (Å²) in [4.78, 5) is 22.8. The van der Waals surface area contributed by atoms with Crippen molar-refractivity contribution in [3.8, 4) is 5.75 Å². The van der Waals surface area contributed by atoms with E-state index in [0.29, 0.717) is 32.3 Å². The second-order valence-corrected chi connectivity index (χ2v) is 6.31. The van der Waals surface area contributed by atoms with Crippen molar-refractivity contribution in [1.82, 2.24) is 5.32 Å². The Hall–Kier alpha value is -2.04. The maximum Gasteiger partial charge on any atom is 0.306 e. The molecule has 1 aliphatic carbocycles. The van der Waals surface area contributed by atoms with Crippen LogP contribution in [0.2, 0.25) is 0 Å². The molecule has 1 saturated carbocycles. The van der Waals surface area contributed by atoms with Gasteiger partial charge in [-0.1, -0.05) is 6.07 Å². The number of rotatable bonds is 7. The monoisotopic (exact) mass is 319 g/mol. The topological polar surface area (TPSA) is 75.6 Å². The maximum atomic E-state index is 11.9. The second-order valence-electron chi connectivity index (χ2n) is 6.31. The molecule has 2 rings (SSSR count). The molecule has 0 bridgehead atoms. The van der Waals surface area contributed by atoms with Crippen LogP contribution in [0.1, 0.15) is 43.2 Å². The van der Waals surface area contributed by atoms with Gasteiger partial charge < -0.3 is 15.2 Å². The summed E-state index contributed by atoms with van der Waals surface area (Å²) >= 11 is 0. The number of carbonyl (C=O) groups excluding carboxylic acids is 1. The minimum Gasteiger partial charge on any atom is -0.494 e. The van der Waals surface area contributed by atoms with Gasteiger partial charge in [0.25, 0.3) is 0 Å². The SMILES string of the molecule is Cc1ccc(OCCCC(=O)N[C@H]2CC[C@@H](C(=O)O)C2)cc1C. The Labute approximate surface area is 137 Å². The highest BCUT2D eigenvalue weighted by Crippen LogP contribution is 2.25. The van der Waals surface area contributed by atoms with Crippen molar-refractivity contribution < 1.29 is 19.4 Å². The third-order valence-corrected chi connectivity index (χ3v) is 4.44. The molecule has 2 N–H and O–H groups in total. The third-order valence-electron chi connectivity index (χ3n) is 4.44. The quantitative estimate of drug-likeness (QED) is 0.758. The first-order chi connectivity index (χ1) is 11.0. The van der Waals surface area contributed by atoms with Crippen LogP contribution in [0.3, 0.4) is 0 Å². The maximum absolute atomic E-state index is 11.9. The number of benzene rings is 1. The van der Waals surface area contributed by atoms with Crippen LogP contribution in [0.5, 0.6) is 5.75 Å². The second kappa shape index (κ2) is 7.99. The van der Waals surface area contributed by atoms with Crippen molar-refractivity contribution in [1.29, 1.82) is 0 Å². The lowest BCUT2D eigenvalue weighted by molar-refractivity contribution is -0.141. The predicted molar refractivity (Wildman–Crippen MR) is 87.6 cm³/mol. The molecule has 1 aromatic rings. The van der Waals surface area contributed by atoms with Gasteiger partial charge in [-0.05, 0) is 62.8 Å². The average Bonchev–Trinajstić information content (AvgIpc) is 2.96. The third kappa shape index (κ3) is 5.27. The molecule has 5 nitrogen and oxygen atoms in total. The van der Waals surface area contributed by atoms with E-state index in [4.69, 9.17) is 9.84 Å². The summed E-state index contributed by atoms with van der Waals surface area (Å²) < 4.78 is 5.65. The van der Waals surface area contributed by atoms with Crippen molar-refractivity contribution in [3.05, 3.63) is 29.3 Å². The predicted octanol–water partition coefficient (Wildman–Crippen LogP) is 2.83. The fraction of sp³-hybridized carbons (Fsp3) is 0.556. The summed E-state index contributed by atoms with van der Waals surface area (Å²) in [6, 6.07) is 5.97. The van der Waals surface area contributed by atoms with Gasteiger partial charge in [0.1, 0.15) is 5.75 Å². The van der Waals surface area contributed by atoms with E-state index in [0.717, 1.165) is 12.2 Å². The van der Waals surface area contributed by atoms with Crippen LogP contribution >= 0.6 is 0 Å². The van der Waals surface area contributed by atoms with E-state index in [9.17, 15) is 9.59 Å². The summed E-state index contributed by atoms with van der Waals surface area (Å²) in [5.74, 6) is -0.268. The van der Waals surface area contributed by atoms with Crippen LogP contribution in [0.15, 0.2) is 18.2 Å². The lowest BCUT2D eigenvalue weighted by Crippen LogP contribution is -2.33. The summed E-state index contributed by atoms with van der Waals surface area (Å²) in [6.07, 6.45) is 2.99. The zero-order valence-corrected chi connectivity index (χ0v) is 13.8. The molecule has 1 fully saturated rings. The van der Waals surface area contributed by atoms with Gasteiger partial charge >= 0.3 is 5.97 Å².